The molecule has 1 fully saturated rings. The molecule has 0 spiro atoms. The monoisotopic (exact) mass is 278 g/mol. The smallest absolute Gasteiger partial charge is 0.292 e. The number of hydrogen-bond donors (Lipinski definition) is 1. The van der Waals surface area contributed by atoms with Crippen molar-refractivity contribution < 1.29 is 10.0 Å². The van der Waals surface area contributed by atoms with Crippen molar-refractivity contribution in [3.63, 3.8) is 0 Å². The fourth-order valence-electron chi connectivity index (χ4n) is 2.81. The van der Waals surface area contributed by atoms with Crippen LogP contribution in [0.4, 0.5) is 11.4 Å². The molecule has 1 aromatic rings. The van der Waals surface area contributed by atoms with Gasteiger partial charge in [-0.2, -0.15) is 0 Å². The Morgan fingerprint density at radius 3 is 2.70 bits per heavy atom. The van der Waals surface area contributed by atoms with Gasteiger partial charge in [-0.25, -0.2) is 0 Å². The van der Waals surface area contributed by atoms with Crippen LogP contribution in [-0.4, -0.2) is 22.6 Å². The molecule has 1 aliphatic rings. The molecular formula is C15H22N2O3. The van der Waals surface area contributed by atoms with Crippen molar-refractivity contribution >= 4 is 11.4 Å². The van der Waals surface area contributed by atoms with Gasteiger partial charge in [0.1, 0.15) is 5.69 Å². The van der Waals surface area contributed by atoms with Crippen LogP contribution in [0.2, 0.25) is 0 Å². The summed E-state index contributed by atoms with van der Waals surface area (Å²) in [6.45, 7) is 6.74. The molecule has 0 aliphatic carbocycles. The molecule has 110 valence electrons. The Morgan fingerprint density at radius 1 is 1.40 bits per heavy atom. The minimum atomic E-state index is -0.694. The summed E-state index contributed by atoms with van der Waals surface area (Å²) in [5.41, 5.74) is 1.33. The summed E-state index contributed by atoms with van der Waals surface area (Å²) in [6, 6.07) is 5.35. The van der Waals surface area contributed by atoms with E-state index in [1.165, 1.54) is 6.07 Å². The van der Waals surface area contributed by atoms with Crippen LogP contribution in [0.25, 0.3) is 0 Å². The SMILES string of the molecule is CC1CCC(C)N(c2ccc([C@H](C)O)cc2[N+](=O)[O-])C1. The van der Waals surface area contributed by atoms with Gasteiger partial charge in [-0.1, -0.05) is 13.0 Å². The van der Waals surface area contributed by atoms with Gasteiger partial charge >= 0.3 is 0 Å². The summed E-state index contributed by atoms with van der Waals surface area (Å²) in [6.07, 6.45) is 1.52. The van der Waals surface area contributed by atoms with Crippen LogP contribution < -0.4 is 4.90 Å². The number of nitrogens with zero attached hydrogens (tertiary/aromatic N) is 2. The van der Waals surface area contributed by atoms with Crippen LogP contribution in [0.15, 0.2) is 18.2 Å². The maximum absolute atomic E-state index is 11.3. The first-order valence-corrected chi connectivity index (χ1v) is 7.13. The van der Waals surface area contributed by atoms with E-state index in [2.05, 4.69) is 18.7 Å². The number of anilines is 1. The quantitative estimate of drug-likeness (QED) is 0.680. The molecule has 1 saturated heterocycles. The Hall–Kier alpha value is -1.62. The van der Waals surface area contributed by atoms with Crippen LogP contribution in [0.1, 0.15) is 45.3 Å². The van der Waals surface area contributed by atoms with Crippen LogP contribution in [0.5, 0.6) is 0 Å². The lowest BCUT2D eigenvalue weighted by Gasteiger charge is -2.38. The molecule has 20 heavy (non-hydrogen) atoms. The van der Waals surface area contributed by atoms with E-state index in [4.69, 9.17) is 0 Å². The van der Waals surface area contributed by atoms with Crippen molar-refractivity contribution in [1.29, 1.82) is 0 Å². The normalized spacial score (nSPS) is 24.5. The summed E-state index contributed by atoms with van der Waals surface area (Å²) in [5.74, 6) is 0.544. The molecule has 0 saturated carbocycles. The Morgan fingerprint density at radius 2 is 2.10 bits per heavy atom. The van der Waals surface area contributed by atoms with Crippen LogP contribution >= 0.6 is 0 Å². The summed E-state index contributed by atoms with van der Waals surface area (Å²) < 4.78 is 0. The highest BCUT2D eigenvalue weighted by Crippen LogP contribution is 2.35. The fourth-order valence-corrected chi connectivity index (χ4v) is 2.81. The van der Waals surface area contributed by atoms with E-state index in [1.807, 2.05) is 0 Å². The van der Waals surface area contributed by atoms with Gasteiger partial charge in [0.2, 0.25) is 0 Å². The van der Waals surface area contributed by atoms with E-state index < -0.39 is 6.10 Å². The lowest BCUT2D eigenvalue weighted by Crippen LogP contribution is -2.41. The van der Waals surface area contributed by atoms with Gasteiger partial charge in [0, 0.05) is 18.7 Å². The van der Waals surface area contributed by atoms with Crippen molar-refractivity contribution in [3.8, 4) is 0 Å². The Kier molecular flexibility index (Phi) is 4.28. The number of nitro benzene ring substituents is 1. The molecule has 0 amide bonds. The zero-order valence-electron chi connectivity index (χ0n) is 12.2. The maximum Gasteiger partial charge on any atom is 0.292 e. The average Bonchev–Trinajstić information content (AvgIpc) is 2.40. The standard InChI is InChI=1S/C15H22N2O3/c1-10-4-5-11(2)16(9-10)14-7-6-13(12(3)18)8-15(14)17(19)20/h6-8,10-12,18H,4-5,9H2,1-3H3/t10?,11?,12-/m0/s1. The van der Waals surface area contributed by atoms with Gasteiger partial charge < -0.3 is 10.0 Å². The number of piperidine rings is 1. The van der Waals surface area contributed by atoms with E-state index in [0.717, 1.165) is 19.4 Å². The Balaban J connectivity index is 2.42. The second-order valence-corrected chi connectivity index (χ2v) is 5.87. The van der Waals surface area contributed by atoms with E-state index in [9.17, 15) is 15.2 Å². The predicted octanol–water partition coefficient (Wildman–Crippen LogP) is 3.27. The minimum Gasteiger partial charge on any atom is -0.389 e. The molecule has 5 heteroatoms. The fraction of sp³-hybridized carbons (Fsp3) is 0.600. The largest absolute Gasteiger partial charge is 0.389 e. The second-order valence-electron chi connectivity index (χ2n) is 5.87. The lowest BCUT2D eigenvalue weighted by molar-refractivity contribution is -0.384. The summed E-state index contributed by atoms with van der Waals surface area (Å²) >= 11 is 0. The van der Waals surface area contributed by atoms with Gasteiger partial charge in [-0.3, -0.25) is 10.1 Å². The molecule has 2 rings (SSSR count). The first-order valence-electron chi connectivity index (χ1n) is 7.13. The maximum atomic E-state index is 11.3. The van der Waals surface area contributed by atoms with Gasteiger partial charge in [-0.05, 0) is 44.2 Å². The van der Waals surface area contributed by atoms with E-state index in [0.29, 0.717) is 23.2 Å². The highest BCUT2D eigenvalue weighted by molar-refractivity contribution is 5.65. The number of hydrogen-bond acceptors (Lipinski definition) is 4. The summed E-state index contributed by atoms with van der Waals surface area (Å²) in [4.78, 5) is 13.1. The van der Waals surface area contributed by atoms with Gasteiger partial charge in [0.05, 0.1) is 11.0 Å². The predicted molar refractivity (Wildman–Crippen MR) is 78.9 cm³/mol. The highest BCUT2D eigenvalue weighted by atomic mass is 16.6. The third kappa shape index (κ3) is 2.93. The number of rotatable bonds is 3. The van der Waals surface area contributed by atoms with Crippen molar-refractivity contribution in [1.82, 2.24) is 0 Å². The molecule has 3 atom stereocenters. The third-order valence-electron chi connectivity index (χ3n) is 4.11. The van der Waals surface area contributed by atoms with Crippen LogP contribution in [-0.2, 0) is 0 Å². The van der Waals surface area contributed by atoms with Crippen molar-refractivity contribution in [2.24, 2.45) is 5.92 Å². The number of aliphatic hydroxyl groups is 1. The van der Waals surface area contributed by atoms with E-state index in [1.54, 1.807) is 19.1 Å². The third-order valence-corrected chi connectivity index (χ3v) is 4.11. The van der Waals surface area contributed by atoms with Gasteiger partial charge in [0.25, 0.3) is 5.69 Å². The Labute approximate surface area is 119 Å². The van der Waals surface area contributed by atoms with Crippen LogP contribution in [0, 0.1) is 16.0 Å². The molecule has 1 N–H and O–H groups in total. The first-order chi connectivity index (χ1) is 9.40. The number of aliphatic hydroxyl groups excluding tert-OH is 1. The number of nitro groups is 1. The molecule has 1 aliphatic heterocycles. The van der Waals surface area contributed by atoms with Crippen molar-refractivity contribution in [2.75, 3.05) is 11.4 Å². The molecule has 0 radical (unpaired) electrons. The molecule has 2 unspecified atom stereocenters. The summed E-state index contributed by atoms with van der Waals surface area (Å²) in [5, 5.41) is 20.9. The minimum absolute atomic E-state index is 0.0874. The zero-order valence-corrected chi connectivity index (χ0v) is 12.2. The molecule has 1 heterocycles. The zero-order chi connectivity index (χ0) is 14.9. The van der Waals surface area contributed by atoms with E-state index >= 15 is 0 Å². The lowest BCUT2D eigenvalue weighted by atomic mass is 9.94. The highest BCUT2D eigenvalue weighted by Gasteiger charge is 2.28. The van der Waals surface area contributed by atoms with Gasteiger partial charge in [-0.15, -0.1) is 0 Å². The van der Waals surface area contributed by atoms with Gasteiger partial charge in [0.15, 0.2) is 0 Å². The molecular weight excluding hydrogens is 256 g/mol. The van der Waals surface area contributed by atoms with Crippen molar-refractivity contribution in [2.45, 2.75) is 45.8 Å². The van der Waals surface area contributed by atoms with E-state index in [-0.39, 0.29) is 10.6 Å². The molecule has 0 aromatic heterocycles. The molecule has 5 nitrogen and oxygen atoms in total. The van der Waals surface area contributed by atoms with Crippen LogP contribution in [0.3, 0.4) is 0 Å². The summed E-state index contributed by atoms with van der Waals surface area (Å²) in [7, 11) is 0. The Bertz CT molecular complexity index is 502. The van der Waals surface area contributed by atoms with Crippen molar-refractivity contribution in [3.05, 3.63) is 33.9 Å². The topological polar surface area (TPSA) is 66.6 Å². The second kappa shape index (κ2) is 5.79. The molecule has 1 aromatic carbocycles. The average molecular weight is 278 g/mol. The molecule has 0 bridgehead atoms. The number of benzene rings is 1. The first kappa shape index (κ1) is 14.8.